The first-order valence-electron chi connectivity index (χ1n) is 6.11. The molecule has 0 unspecified atom stereocenters. The van der Waals surface area contributed by atoms with Crippen molar-refractivity contribution in [3.8, 4) is 11.5 Å². The Labute approximate surface area is 111 Å². The fourth-order valence-corrected chi connectivity index (χ4v) is 2.74. The lowest BCUT2D eigenvalue weighted by atomic mass is 9.85. The molecule has 0 amide bonds. The Morgan fingerprint density at radius 3 is 3.05 bits per heavy atom. The normalized spacial score (nSPS) is 15.8. The van der Waals surface area contributed by atoms with Crippen LogP contribution in [0.1, 0.15) is 31.1 Å². The zero-order valence-corrected chi connectivity index (χ0v) is 10.7. The molecule has 3 aromatic heterocycles. The minimum atomic E-state index is -0.241. The van der Waals surface area contributed by atoms with Gasteiger partial charge in [0.1, 0.15) is 17.5 Å². The maximum atomic E-state index is 11.8. The van der Waals surface area contributed by atoms with E-state index in [0.717, 1.165) is 18.7 Å². The van der Waals surface area contributed by atoms with Crippen LogP contribution in [-0.4, -0.2) is 19.3 Å². The molecule has 1 aliphatic carbocycles. The molecule has 19 heavy (non-hydrogen) atoms. The van der Waals surface area contributed by atoms with Crippen molar-refractivity contribution in [2.75, 3.05) is 0 Å². The topological polar surface area (TPSA) is 84.7 Å². The van der Waals surface area contributed by atoms with E-state index in [4.69, 9.17) is 4.42 Å². The van der Waals surface area contributed by atoms with Crippen LogP contribution in [0.25, 0.3) is 22.6 Å². The summed E-state index contributed by atoms with van der Waals surface area (Å²) in [5.41, 5.74) is 1.30. The molecule has 6 nitrogen and oxygen atoms in total. The summed E-state index contributed by atoms with van der Waals surface area (Å²) in [6, 6.07) is 0. The summed E-state index contributed by atoms with van der Waals surface area (Å²) < 4.78 is 9.47. The molecule has 4 rings (SSSR count). The van der Waals surface area contributed by atoms with E-state index in [2.05, 4.69) is 19.3 Å². The largest absolute Gasteiger partial charge is 0.448 e. The molecule has 0 radical (unpaired) electrons. The van der Waals surface area contributed by atoms with Crippen molar-refractivity contribution in [2.24, 2.45) is 0 Å². The van der Waals surface area contributed by atoms with Gasteiger partial charge in [-0.3, -0.25) is 4.79 Å². The van der Waals surface area contributed by atoms with E-state index in [0.29, 0.717) is 28.5 Å². The smallest absolute Gasteiger partial charge is 0.278 e. The summed E-state index contributed by atoms with van der Waals surface area (Å²) in [7, 11) is 0. The van der Waals surface area contributed by atoms with Crippen LogP contribution in [-0.2, 0) is 0 Å². The lowest BCUT2D eigenvalue weighted by Crippen LogP contribution is -2.10. The van der Waals surface area contributed by atoms with Gasteiger partial charge in [-0.05, 0) is 24.4 Å². The Bertz CT molecular complexity index is 799. The van der Waals surface area contributed by atoms with Gasteiger partial charge in [0.2, 0.25) is 0 Å². The number of aromatic amines is 1. The second-order valence-electron chi connectivity index (χ2n) is 4.66. The van der Waals surface area contributed by atoms with Gasteiger partial charge < -0.3 is 9.40 Å². The second-order valence-corrected chi connectivity index (χ2v) is 5.29. The lowest BCUT2D eigenvalue weighted by molar-refractivity contribution is 0.335. The van der Waals surface area contributed by atoms with Crippen LogP contribution >= 0.6 is 11.5 Å². The molecule has 0 saturated heterocycles. The highest BCUT2D eigenvalue weighted by Gasteiger charge is 2.25. The lowest BCUT2D eigenvalue weighted by Gasteiger charge is -2.21. The van der Waals surface area contributed by atoms with Crippen molar-refractivity contribution >= 4 is 22.6 Å². The fraction of sp³-hybridized carbons (Fsp3) is 0.333. The number of oxazole rings is 1. The van der Waals surface area contributed by atoms with Crippen molar-refractivity contribution in [2.45, 2.75) is 25.2 Å². The second kappa shape index (κ2) is 3.99. The number of hydrogen-bond acceptors (Lipinski definition) is 6. The molecule has 7 heteroatoms. The van der Waals surface area contributed by atoms with Crippen molar-refractivity contribution < 1.29 is 4.42 Å². The van der Waals surface area contributed by atoms with Crippen LogP contribution in [0.5, 0.6) is 0 Å². The first kappa shape index (κ1) is 10.9. The molecule has 0 aromatic carbocycles. The number of fused-ring (bicyclic) bond motifs is 1. The van der Waals surface area contributed by atoms with E-state index in [1.54, 1.807) is 11.6 Å². The molecule has 0 atom stereocenters. The first-order valence-corrected chi connectivity index (χ1v) is 6.95. The van der Waals surface area contributed by atoms with Gasteiger partial charge in [-0.2, -0.15) is 4.37 Å². The third kappa shape index (κ3) is 1.69. The predicted octanol–water partition coefficient (Wildman–Crippen LogP) is 2.30. The summed E-state index contributed by atoms with van der Waals surface area (Å²) in [6.07, 6.45) is 5.02. The Balaban J connectivity index is 1.80. The average molecular weight is 274 g/mol. The first-order chi connectivity index (χ1) is 9.31. The molecule has 0 spiro atoms. The fourth-order valence-electron chi connectivity index (χ4n) is 2.14. The van der Waals surface area contributed by atoms with Gasteiger partial charge in [0.15, 0.2) is 17.2 Å². The molecule has 1 aliphatic rings. The van der Waals surface area contributed by atoms with Crippen LogP contribution in [0.15, 0.2) is 20.9 Å². The molecule has 1 saturated carbocycles. The van der Waals surface area contributed by atoms with Crippen LogP contribution in [0.4, 0.5) is 0 Å². The summed E-state index contributed by atoms with van der Waals surface area (Å²) in [5.74, 6) is 1.60. The Morgan fingerprint density at radius 1 is 1.37 bits per heavy atom. The predicted molar refractivity (Wildman–Crippen MR) is 70.1 cm³/mol. The SMILES string of the molecule is O=c1[nH]c(-c2coc(C3CCC3)n2)nc2csnc12. The third-order valence-corrected chi connectivity index (χ3v) is 4.07. The van der Waals surface area contributed by atoms with Crippen LogP contribution in [0, 0.1) is 0 Å². The van der Waals surface area contributed by atoms with Crippen LogP contribution in [0.2, 0.25) is 0 Å². The zero-order valence-electron chi connectivity index (χ0n) is 9.92. The van der Waals surface area contributed by atoms with Gasteiger partial charge >= 0.3 is 0 Å². The highest BCUT2D eigenvalue weighted by Crippen LogP contribution is 2.36. The molecule has 0 bridgehead atoms. The maximum absolute atomic E-state index is 11.8. The van der Waals surface area contributed by atoms with Gasteiger partial charge in [0, 0.05) is 11.3 Å². The Kier molecular flexibility index (Phi) is 2.28. The number of rotatable bonds is 2. The number of nitrogens with zero attached hydrogens (tertiary/aromatic N) is 3. The summed E-state index contributed by atoms with van der Waals surface area (Å²) in [4.78, 5) is 23.3. The molecular formula is C12H10N4O2S. The number of H-pyrrole nitrogens is 1. The van der Waals surface area contributed by atoms with Crippen molar-refractivity contribution in [3.05, 3.63) is 27.9 Å². The van der Waals surface area contributed by atoms with E-state index in [1.807, 2.05) is 0 Å². The van der Waals surface area contributed by atoms with E-state index in [1.165, 1.54) is 18.0 Å². The van der Waals surface area contributed by atoms with Crippen molar-refractivity contribution in [1.29, 1.82) is 0 Å². The van der Waals surface area contributed by atoms with E-state index in [9.17, 15) is 4.79 Å². The Morgan fingerprint density at radius 2 is 2.26 bits per heavy atom. The van der Waals surface area contributed by atoms with Gasteiger partial charge in [0.25, 0.3) is 5.56 Å². The maximum Gasteiger partial charge on any atom is 0.278 e. The third-order valence-electron chi connectivity index (χ3n) is 3.45. The summed E-state index contributed by atoms with van der Waals surface area (Å²) >= 11 is 1.22. The van der Waals surface area contributed by atoms with Gasteiger partial charge in [-0.25, -0.2) is 9.97 Å². The van der Waals surface area contributed by atoms with Crippen molar-refractivity contribution in [1.82, 2.24) is 19.3 Å². The van der Waals surface area contributed by atoms with Crippen LogP contribution in [0.3, 0.4) is 0 Å². The summed E-state index contributed by atoms with van der Waals surface area (Å²) in [6.45, 7) is 0. The van der Waals surface area contributed by atoms with Gasteiger partial charge in [0.05, 0.1) is 0 Å². The van der Waals surface area contributed by atoms with E-state index in [-0.39, 0.29) is 5.56 Å². The number of hydrogen-bond donors (Lipinski definition) is 1. The molecule has 1 N–H and O–H groups in total. The molecule has 0 aliphatic heterocycles. The molecule has 3 heterocycles. The monoisotopic (exact) mass is 274 g/mol. The molecule has 1 fully saturated rings. The minimum Gasteiger partial charge on any atom is -0.448 e. The Hall–Kier alpha value is -2.02. The average Bonchev–Trinajstić information content (AvgIpc) is 2.94. The zero-order chi connectivity index (χ0) is 12.8. The molecular weight excluding hydrogens is 264 g/mol. The quantitative estimate of drug-likeness (QED) is 0.775. The van der Waals surface area contributed by atoms with Crippen molar-refractivity contribution in [3.63, 3.8) is 0 Å². The van der Waals surface area contributed by atoms with E-state index >= 15 is 0 Å². The molecule has 96 valence electrons. The summed E-state index contributed by atoms with van der Waals surface area (Å²) in [5, 5.41) is 1.75. The minimum absolute atomic E-state index is 0.241. The van der Waals surface area contributed by atoms with Crippen LogP contribution < -0.4 is 5.56 Å². The number of nitrogens with one attached hydrogen (secondary N) is 1. The van der Waals surface area contributed by atoms with Gasteiger partial charge in [-0.1, -0.05) is 6.42 Å². The number of aromatic nitrogens is 4. The van der Waals surface area contributed by atoms with Gasteiger partial charge in [-0.15, -0.1) is 0 Å². The van der Waals surface area contributed by atoms with E-state index < -0.39 is 0 Å². The standard InChI is InChI=1S/C12H10N4O2S/c17-11-9-8(5-19-16-9)13-10(15-11)7-4-18-12(14-7)6-2-1-3-6/h4-6H,1-3H2,(H,13,15,17). The highest BCUT2D eigenvalue weighted by atomic mass is 32.1. The molecule has 3 aromatic rings. The highest BCUT2D eigenvalue weighted by molar-refractivity contribution is 7.04.